The van der Waals surface area contributed by atoms with E-state index in [2.05, 4.69) is 4.98 Å². The van der Waals surface area contributed by atoms with Gasteiger partial charge in [-0.3, -0.25) is 0 Å². The lowest BCUT2D eigenvalue weighted by molar-refractivity contribution is -0.143. The van der Waals surface area contributed by atoms with E-state index in [9.17, 15) is 26.3 Å². The Hall–Kier alpha value is -1.99. The van der Waals surface area contributed by atoms with E-state index in [0.717, 1.165) is 17.0 Å². The first-order chi connectivity index (χ1) is 8.69. The van der Waals surface area contributed by atoms with Crippen LogP contribution in [0.5, 0.6) is 0 Å². The van der Waals surface area contributed by atoms with Crippen molar-refractivity contribution in [1.29, 1.82) is 0 Å². The van der Waals surface area contributed by atoms with Gasteiger partial charge in [0.15, 0.2) is 0 Å². The summed E-state index contributed by atoms with van der Waals surface area (Å²) in [6.45, 7) is 0. The van der Waals surface area contributed by atoms with Gasteiger partial charge in [0.25, 0.3) is 0 Å². The molecule has 1 aromatic heterocycles. The second-order valence-corrected chi connectivity index (χ2v) is 3.70. The molecule has 0 amide bonds. The van der Waals surface area contributed by atoms with Crippen LogP contribution in [0.1, 0.15) is 11.1 Å². The second-order valence-electron chi connectivity index (χ2n) is 3.70. The Morgan fingerprint density at radius 1 is 0.947 bits per heavy atom. The fourth-order valence-corrected chi connectivity index (χ4v) is 1.57. The van der Waals surface area contributed by atoms with Crippen molar-refractivity contribution in [3.63, 3.8) is 0 Å². The summed E-state index contributed by atoms with van der Waals surface area (Å²) < 4.78 is 76.8. The smallest absolute Gasteiger partial charge is 0.306 e. The van der Waals surface area contributed by atoms with Crippen LogP contribution < -0.4 is 0 Å². The molecule has 0 saturated carbocycles. The first kappa shape index (κ1) is 13.4. The quantitative estimate of drug-likeness (QED) is 0.724. The molecule has 0 saturated heterocycles. The molecule has 1 aromatic carbocycles. The van der Waals surface area contributed by atoms with Crippen LogP contribution in [0, 0.1) is 0 Å². The molecule has 0 unspecified atom stereocenters. The highest BCUT2D eigenvalue weighted by molar-refractivity contribution is 5.46. The molecule has 0 radical (unpaired) electrons. The Kier molecular flexibility index (Phi) is 3.03. The maximum atomic E-state index is 12.8. The van der Waals surface area contributed by atoms with Gasteiger partial charge in [-0.25, -0.2) is 4.98 Å². The van der Waals surface area contributed by atoms with Crippen molar-refractivity contribution in [3.05, 3.63) is 48.0 Å². The van der Waals surface area contributed by atoms with Gasteiger partial charge in [-0.05, 0) is 18.2 Å². The Balaban J connectivity index is 2.63. The molecule has 2 aromatic rings. The van der Waals surface area contributed by atoms with Gasteiger partial charge in [0.05, 0.1) is 23.1 Å². The molecule has 0 aliphatic rings. The normalized spacial score (nSPS) is 12.7. The maximum absolute atomic E-state index is 12.8. The van der Waals surface area contributed by atoms with Gasteiger partial charge < -0.3 is 4.57 Å². The molecule has 0 atom stereocenters. The van der Waals surface area contributed by atoms with Gasteiger partial charge in [-0.2, -0.15) is 26.3 Å². The van der Waals surface area contributed by atoms with Crippen LogP contribution in [-0.2, 0) is 12.4 Å². The summed E-state index contributed by atoms with van der Waals surface area (Å²) in [5, 5.41) is 0. The molecule has 0 bridgehead atoms. The number of benzene rings is 1. The van der Waals surface area contributed by atoms with Crippen LogP contribution in [0.4, 0.5) is 26.3 Å². The van der Waals surface area contributed by atoms with Crippen LogP contribution >= 0.6 is 0 Å². The van der Waals surface area contributed by atoms with Crippen molar-refractivity contribution < 1.29 is 26.3 Å². The molecule has 8 heteroatoms. The lowest BCUT2D eigenvalue weighted by atomic mass is 10.1. The molecule has 2 nitrogen and oxygen atoms in total. The largest absolute Gasteiger partial charge is 0.418 e. The Bertz CT molecular complexity index is 568. The van der Waals surface area contributed by atoms with E-state index in [0.29, 0.717) is 6.07 Å². The molecular formula is C11H6F6N2. The summed E-state index contributed by atoms with van der Waals surface area (Å²) in [7, 11) is 0. The summed E-state index contributed by atoms with van der Waals surface area (Å²) >= 11 is 0. The van der Waals surface area contributed by atoms with Crippen molar-refractivity contribution in [2.45, 2.75) is 12.4 Å². The fourth-order valence-electron chi connectivity index (χ4n) is 1.57. The topological polar surface area (TPSA) is 17.8 Å². The van der Waals surface area contributed by atoms with Crippen molar-refractivity contribution in [2.75, 3.05) is 0 Å². The number of aromatic nitrogens is 2. The van der Waals surface area contributed by atoms with E-state index in [1.54, 1.807) is 0 Å². The van der Waals surface area contributed by atoms with E-state index in [-0.39, 0.29) is 6.07 Å². The predicted molar refractivity (Wildman–Crippen MR) is 53.6 cm³/mol. The first-order valence-electron chi connectivity index (χ1n) is 4.96. The number of imidazole rings is 1. The molecule has 0 spiro atoms. The number of nitrogens with zero attached hydrogens (tertiary/aromatic N) is 2. The van der Waals surface area contributed by atoms with Gasteiger partial charge >= 0.3 is 12.4 Å². The van der Waals surface area contributed by atoms with Gasteiger partial charge in [0, 0.05) is 12.4 Å². The van der Waals surface area contributed by atoms with Crippen molar-refractivity contribution in [3.8, 4) is 5.69 Å². The Morgan fingerprint density at radius 3 is 2.11 bits per heavy atom. The Labute approximate surface area is 103 Å². The average molecular weight is 280 g/mol. The summed E-state index contributed by atoms with van der Waals surface area (Å²) in [5.41, 5.74) is -3.11. The van der Waals surface area contributed by atoms with Gasteiger partial charge in [0.2, 0.25) is 0 Å². The maximum Gasteiger partial charge on any atom is 0.418 e. The van der Waals surface area contributed by atoms with Crippen molar-refractivity contribution in [1.82, 2.24) is 9.55 Å². The van der Waals surface area contributed by atoms with E-state index in [1.807, 2.05) is 0 Å². The number of rotatable bonds is 1. The van der Waals surface area contributed by atoms with E-state index < -0.39 is 29.2 Å². The van der Waals surface area contributed by atoms with E-state index >= 15 is 0 Å². The summed E-state index contributed by atoms with van der Waals surface area (Å²) in [5.74, 6) is 0. The third kappa shape index (κ3) is 2.72. The lowest BCUT2D eigenvalue weighted by Crippen LogP contribution is -2.14. The third-order valence-electron chi connectivity index (χ3n) is 2.41. The minimum atomic E-state index is -4.89. The molecule has 0 N–H and O–H groups in total. The van der Waals surface area contributed by atoms with E-state index in [4.69, 9.17) is 0 Å². The highest BCUT2D eigenvalue weighted by Gasteiger charge is 2.38. The average Bonchev–Trinajstić information content (AvgIpc) is 2.79. The standard InChI is InChI=1S/C11H6F6N2/c12-10(13,14)7-1-2-9(19-4-3-18-6-19)8(5-7)11(15,16)17/h1-6H. The third-order valence-corrected chi connectivity index (χ3v) is 2.41. The zero-order valence-electron chi connectivity index (χ0n) is 9.13. The first-order valence-corrected chi connectivity index (χ1v) is 4.96. The summed E-state index contributed by atoms with van der Waals surface area (Å²) in [6, 6.07) is 1.47. The summed E-state index contributed by atoms with van der Waals surface area (Å²) in [6.07, 6.45) is -6.18. The number of hydrogen-bond donors (Lipinski definition) is 0. The molecule has 0 aliphatic carbocycles. The second kappa shape index (κ2) is 4.29. The number of hydrogen-bond acceptors (Lipinski definition) is 1. The molecule has 102 valence electrons. The monoisotopic (exact) mass is 280 g/mol. The highest BCUT2D eigenvalue weighted by Crippen LogP contribution is 2.38. The molecule has 19 heavy (non-hydrogen) atoms. The van der Waals surface area contributed by atoms with Gasteiger partial charge in [-0.1, -0.05) is 0 Å². The van der Waals surface area contributed by atoms with Crippen LogP contribution in [-0.4, -0.2) is 9.55 Å². The van der Waals surface area contributed by atoms with Crippen LogP contribution in [0.15, 0.2) is 36.9 Å². The number of halogens is 6. The minimum absolute atomic E-state index is 0.0926. The zero-order chi connectivity index (χ0) is 14.3. The molecule has 2 rings (SSSR count). The fraction of sp³-hybridized carbons (Fsp3) is 0.182. The van der Waals surface area contributed by atoms with Crippen LogP contribution in [0.2, 0.25) is 0 Å². The lowest BCUT2D eigenvalue weighted by Gasteiger charge is -2.16. The SMILES string of the molecule is FC(F)(F)c1ccc(-n2ccnc2)c(C(F)(F)F)c1. The zero-order valence-corrected chi connectivity index (χ0v) is 9.13. The molecular weight excluding hydrogens is 274 g/mol. The highest BCUT2D eigenvalue weighted by atomic mass is 19.4. The van der Waals surface area contributed by atoms with Crippen LogP contribution in [0.25, 0.3) is 5.69 Å². The minimum Gasteiger partial charge on any atom is -0.306 e. The number of alkyl halides is 6. The van der Waals surface area contributed by atoms with Crippen molar-refractivity contribution >= 4 is 0 Å². The van der Waals surface area contributed by atoms with E-state index in [1.165, 1.54) is 12.4 Å². The molecule has 0 fully saturated rings. The van der Waals surface area contributed by atoms with Crippen LogP contribution in [0.3, 0.4) is 0 Å². The predicted octanol–water partition coefficient (Wildman–Crippen LogP) is 3.91. The molecule has 1 heterocycles. The van der Waals surface area contributed by atoms with Crippen molar-refractivity contribution in [2.24, 2.45) is 0 Å². The van der Waals surface area contributed by atoms with Gasteiger partial charge in [0.1, 0.15) is 0 Å². The molecule has 0 aliphatic heterocycles. The Morgan fingerprint density at radius 2 is 1.63 bits per heavy atom. The summed E-state index contributed by atoms with van der Waals surface area (Å²) in [4.78, 5) is 3.57. The van der Waals surface area contributed by atoms with Gasteiger partial charge in [-0.15, -0.1) is 0 Å².